The van der Waals surface area contributed by atoms with E-state index in [1.54, 1.807) is 6.26 Å². The predicted octanol–water partition coefficient (Wildman–Crippen LogP) is 1.67. The highest BCUT2D eigenvalue weighted by molar-refractivity contribution is 5.05. The molecule has 0 saturated carbocycles. The van der Waals surface area contributed by atoms with Gasteiger partial charge in [-0.25, -0.2) is 0 Å². The first-order valence-electron chi connectivity index (χ1n) is 4.77. The minimum absolute atomic E-state index is 0.143. The zero-order valence-corrected chi connectivity index (χ0v) is 8.29. The molecule has 3 N–H and O–H groups in total. The van der Waals surface area contributed by atoms with Crippen LogP contribution in [0.15, 0.2) is 22.8 Å². The van der Waals surface area contributed by atoms with E-state index in [9.17, 15) is 0 Å². The Hall–Kier alpha value is -0.800. The van der Waals surface area contributed by atoms with Crippen molar-refractivity contribution in [2.24, 2.45) is 5.73 Å². The molecule has 3 heteroatoms. The lowest BCUT2D eigenvalue weighted by atomic mass is 10.1. The minimum Gasteiger partial charge on any atom is -0.468 e. The Morgan fingerprint density at radius 3 is 2.85 bits per heavy atom. The maximum Gasteiger partial charge on any atom is 0.121 e. The average Bonchev–Trinajstić information content (AvgIpc) is 2.66. The van der Waals surface area contributed by atoms with E-state index in [-0.39, 0.29) is 6.04 Å². The van der Waals surface area contributed by atoms with Crippen LogP contribution in [-0.2, 0) is 0 Å². The first kappa shape index (κ1) is 10.3. The minimum atomic E-state index is 0.143. The Balaban J connectivity index is 2.53. The average molecular weight is 182 g/mol. The molecular formula is C10H18N2O. The molecule has 0 unspecified atom stereocenters. The molecule has 74 valence electrons. The van der Waals surface area contributed by atoms with Crippen LogP contribution in [0.3, 0.4) is 0 Å². The molecule has 13 heavy (non-hydrogen) atoms. The van der Waals surface area contributed by atoms with Crippen molar-refractivity contribution in [2.75, 3.05) is 6.54 Å². The standard InChI is InChI=1S/C10H18N2O/c1-3-8(2)12-9(7-11)10-5-4-6-13-10/h4-6,8-9,12H,3,7,11H2,1-2H3/t8-,9+/m0/s1. The van der Waals surface area contributed by atoms with Crippen LogP contribution in [0.25, 0.3) is 0 Å². The van der Waals surface area contributed by atoms with Gasteiger partial charge in [0.15, 0.2) is 0 Å². The van der Waals surface area contributed by atoms with Crippen molar-refractivity contribution in [1.82, 2.24) is 5.32 Å². The fourth-order valence-electron chi connectivity index (χ4n) is 1.22. The Bertz CT molecular complexity index is 221. The van der Waals surface area contributed by atoms with Crippen molar-refractivity contribution in [1.29, 1.82) is 0 Å². The number of hydrogen-bond donors (Lipinski definition) is 2. The molecule has 0 amide bonds. The normalized spacial score (nSPS) is 15.6. The fraction of sp³-hybridized carbons (Fsp3) is 0.600. The molecule has 1 heterocycles. The molecule has 0 aliphatic carbocycles. The summed E-state index contributed by atoms with van der Waals surface area (Å²) in [5.41, 5.74) is 5.64. The van der Waals surface area contributed by atoms with Crippen LogP contribution >= 0.6 is 0 Å². The predicted molar refractivity (Wildman–Crippen MR) is 53.4 cm³/mol. The Labute approximate surface area is 79.3 Å². The van der Waals surface area contributed by atoms with Gasteiger partial charge in [-0.1, -0.05) is 6.92 Å². The number of nitrogens with two attached hydrogens (primary N) is 1. The van der Waals surface area contributed by atoms with E-state index in [4.69, 9.17) is 10.2 Å². The zero-order chi connectivity index (χ0) is 9.68. The highest BCUT2D eigenvalue weighted by Crippen LogP contribution is 2.12. The van der Waals surface area contributed by atoms with E-state index >= 15 is 0 Å². The second-order valence-corrected chi connectivity index (χ2v) is 3.28. The van der Waals surface area contributed by atoms with Gasteiger partial charge in [-0.2, -0.15) is 0 Å². The molecule has 0 aromatic carbocycles. The van der Waals surface area contributed by atoms with Gasteiger partial charge in [-0.05, 0) is 25.5 Å². The fourth-order valence-corrected chi connectivity index (χ4v) is 1.22. The van der Waals surface area contributed by atoms with Crippen molar-refractivity contribution in [3.8, 4) is 0 Å². The summed E-state index contributed by atoms with van der Waals surface area (Å²) in [5.74, 6) is 0.919. The Morgan fingerprint density at radius 1 is 1.62 bits per heavy atom. The van der Waals surface area contributed by atoms with Crippen molar-refractivity contribution in [3.63, 3.8) is 0 Å². The van der Waals surface area contributed by atoms with Gasteiger partial charge in [-0.15, -0.1) is 0 Å². The maximum absolute atomic E-state index is 5.64. The van der Waals surface area contributed by atoms with E-state index in [1.165, 1.54) is 0 Å². The number of rotatable bonds is 5. The van der Waals surface area contributed by atoms with Gasteiger partial charge in [0.05, 0.1) is 12.3 Å². The third-order valence-electron chi connectivity index (χ3n) is 2.22. The molecule has 0 radical (unpaired) electrons. The van der Waals surface area contributed by atoms with Gasteiger partial charge in [0.2, 0.25) is 0 Å². The highest BCUT2D eigenvalue weighted by Gasteiger charge is 2.13. The van der Waals surface area contributed by atoms with Gasteiger partial charge in [-0.3, -0.25) is 0 Å². The van der Waals surface area contributed by atoms with E-state index in [2.05, 4.69) is 19.2 Å². The maximum atomic E-state index is 5.64. The van der Waals surface area contributed by atoms with Crippen LogP contribution in [0.4, 0.5) is 0 Å². The number of furan rings is 1. The molecule has 0 spiro atoms. The van der Waals surface area contributed by atoms with Crippen molar-refractivity contribution in [2.45, 2.75) is 32.4 Å². The van der Waals surface area contributed by atoms with Crippen molar-refractivity contribution < 1.29 is 4.42 Å². The van der Waals surface area contributed by atoms with E-state index in [0.29, 0.717) is 12.6 Å². The van der Waals surface area contributed by atoms with E-state index in [0.717, 1.165) is 12.2 Å². The van der Waals surface area contributed by atoms with Crippen LogP contribution in [-0.4, -0.2) is 12.6 Å². The molecular weight excluding hydrogens is 164 g/mol. The Kier molecular flexibility index (Phi) is 3.99. The molecule has 1 aromatic rings. The zero-order valence-electron chi connectivity index (χ0n) is 8.29. The summed E-state index contributed by atoms with van der Waals surface area (Å²) >= 11 is 0. The van der Waals surface area contributed by atoms with Crippen LogP contribution in [0.5, 0.6) is 0 Å². The molecule has 3 nitrogen and oxygen atoms in total. The smallest absolute Gasteiger partial charge is 0.121 e. The van der Waals surface area contributed by atoms with Gasteiger partial charge < -0.3 is 15.5 Å². The highest BCUT2D eigenvalue weighted by atomic mass is 16.3. The lowest BCUT2D eigenvalue weighted by Gasteiger charge is -2.19. The topological polar surface area (TPSA) is 51.2 Å². The summed E-state index contributed by atoms with van der Waals surface area (Å²) in [6.45, 7) is 4.86. The SMILES string of the molecule is CC[C@H](C)N[C@H](CN)c1ccco1. The van der Waals surface area contributed by atoms with Gasteiger partial charge >= 0.3 is 0 Å². The lowest BCUT2D eigenvalue weighted by molar-refractivity contribution is 0.380. The summed E-state index contributed by atoms with van der Waals surface area (Å²) in [5, 5.41) is 3.40. The summed E-state index contributed by atoms with van der Waals surface area (Å²) in [7, 11) is 0. The summed E-state index contributed by atoms with van der Waals surface area (Å²) in [6.07, 6.45) is 2.77. The molecule has 1 rings (SSSR count). The van der Waals surface area contributed by atoms with Gasteiger partial charge in [0, 0.05) is 12.6 Å². The Morgan fingerprint density at radius 2 is 2.38 bits per heavy atom. The lowest BCUT2D eigenvalue weighted by Crippen LogP contribution is -2.34. The van der Waals surface area contributed by atoms with Crippen molar-refractivity contribution in [3.05, 3.63) is 24.2 Å². The molecule has 1 aromatic heterocycles. The number of hydrogen-bond acceptors (Lipinski definition) is 3. The second kappa shape index (κ2) is 5.04. The van der Waals surface area contributed by atoms with Crippen LogP contribution in [0.2, 0.25) is 0 Å². The third-order valence-corrected chi connectivity index (χ3v) is 2.22. The van der Waals surface area contributed by atoms with Gasteiger partial charge in [0.25, 0.3) is 0 Å². The van der Waals surface area contributed by atoms with Crippen LogP contribution in [0, 0.1) is 0 Å². The first-order valence-corrected chi connectivity index (χ1v) is 4.77. The quantitative estimate of drug-likeness (QED) is 0.728. The third kappa shape index (κ3) is 2.86. The molecule has 0 fully saturated rings. The first-order chi connectivity index (χ1) is 6.27. The molecule has 2 atom stereocenters. The second-order valence-electron chi connectivity index (χ2n) is 3.28. The monoisotopic (exact) mass is 182 g/mol. The van der Waals surface area contributed by atoms with Crippen LogP contribution < -0.4 is 11.1 Å². The molecule has 0 saturated heterocycles. The summed E-state index contributed by atoms with van der Waals surface area (Å²) < 4.78 is 5.29. The summed E-state index contributed by atoms with van der Waals surface area (Å²) in [6, 6.07) is 4.45. The molecule has 0 aliphatic rings. The molecule has 0 aliphatic heterocycles. The van der Waals surface area contributed by atoms with E-state index in [1.807, 2.05) is 12.1 Å². The molecule has 0 bridgehead atoms. The van der Waals surface area contributed by atoms with Crippen LogP contribution in [0.1, 0.15) is 32.1 Å². The van der Waals surface area contributed by atoms with E-state index < -0.39 is 0 Å². The van der Waals surface area contributed by atoms with Gasteiger partial charge in [0.1, 0.15) is 5.76 Å². The summed E-state index contributed by atoms with van der Waals surface area (Å²) in [4.78, 5) is 0. The van der Waals surface area contributed by atoms with Crippen molar-refractivity contribution >= 4 is 0 Å². The largest absolute Gasteiger partial charge is 0.468 e. The number of nitrogens with one attached hydrogen (secondary N) is 1.